The minimum absolute atomic E-state index is 0.0313. The highest BCUT2D eigenvalue weighted by molar-refractivity contribution is 7.91. The molecule has 1 fully saturated rings. The van der Waals surface area contributed by atoms with Gasteiger partial charge in [-0.1, -0.05) is 18.2 Å². The second-order valence-corrected chi connectivity index (χ2v) is 10.1. The monoisotopic (exact) mass is 446 g/mol. The van der Waals surface area contributed by atoms with Gasteiger partial charge in [0.25, 0.3) is 0 Å². The molecular weight excluding hydrogens is 416 g/mol. The van der Waals surface area contributed by atoms with E-state index in [2.05, 4.69) is 4.98 Å². The number of benzene rings is 1. The minimum Gasteiger partial charge on any atom is -0.444 e. The molecule has 1 aliphatic rings. The highest BCUT2D eigenvalue weighted by Crippen LogP contribution is 2.32. The van der Waals surface area contributed by atoms with Crippen LogP contribution in [0.5, 0.6) is 0 Å². The zero-order chi connectivity index (χ0) is 25.7. The first-order valence-corrected chi connectivity index (χ1v) is 11.4. The lowest BCUT2D eigenvalue weighted by molar-refractivity contribution is 0.0240. The van der Waals surface area contributed by atoms with E-state index in [1.165, 1.54) is 17.0 Å². The lowest BCUT2D eigenvalue weighted by Gasteiger charge is -2.36. The second kappa shape index (κ2) is 7.88. The van der Waals surface area contributed by atoms with Crippen LogP contribution in [0.2, 0.25) is 1.41 Å². The van der Waals surface area contributed by atoms with Crippen LogP contribution in [0.3, 0.4) is 0 Å². The predicted molar refractivity (Wildman–Crippen MR) is 118 cm³/mol. The lowest BCUT2D eigenvalue weighted by Crippen LogP contribution is -2.50. The molecular formula is C22H26N4O4S. The average molecular weight is 447 g/mol. The van der Waals surface area contributed by atoms with Gasteiger partial charge in [0.15, 0.2) is 1.41 Å². The summed E-state index contributed by atoms with van der Waals surface area (Å²) < 4.78 is 65.7. The SMILES string of the molecule is [2H]c1nc2c(S(=O)(=O)c3ccccc3)c([2H])n([2H])c2c(N2CCN(C(=O)OC(C)(C)C)CC2)c1[2H]. The van der Waals surface area contributed by atoms with Gasteiger partial charge in [0.2, 0.25) is 9.84 Å². The number of ether oxygens (including phenoxy) is 1. The maximum atomic E-state index is 13.4. The third-order valence-electron chi connectivity index (χ3n) is 4.84. The third kappa shape index (κ3) is 4.23. The summed E-state index contributed by atoms with van der Waals surface area (Å²) in [6, 6.07) is 7.26. The first-order chi connectivity index (χ1) is 16.3. The molecule has 4 rings (SSSR count). The second-order valence-electron chi connectivity index (χ2n) is 8.22. The maximum absolute atomic E-state index is 13.4. The Bertz CT molecular complexity index is 1400. The van der Waals surface area contributed by atoms with Gasteiger partial charge in [0, 0.05) is 38.5 Å². The molecule has 1 saturated heterocycles. The van der Waals surface area contributed by atoms with Crippen LogP contribution < -0.4 is 4.90 Å². The molecule has 31 heavy (non-hydrogen) atoms. The Morgan fingerprint density at radius 3 is 2.52 bits per heavy atom. The number of rotatable bonds is 3. The molecule has 0 radical (unpaired) electrons. The summed E-state index contributed by atoms with van der Waals surface area (Å²) in [7, 11) is -4.21. The number of hydrogen-bond donors (Lipinski definition) is 1. The van der Waals surface area contributed by atoms with Crippen molar-refractivity contribution in [3.63, 3.8) is 0 Å². The number of carbonyl (C=O) groups is 1. The Balaban J connectivity index is 1.78. The van der Waals surface area contributed by atoms with Crippen molar-refractivity contribution >= 4 is 32.7 Å². The summed E-state index contributed by atoms with van der Waals surface area (Å²) in [6.45, 7) is 6.41. The molecule has 1 N–H and O–H groups in total. The standard InChI is InChI=1S/C22H26N4O4S/c1-22(2,3)30-21(27)26-13-11-25(12-14-26)17-9-10-23-20-18(15-24-19(17)20)31(28,29)16-7-5-4-6-8-16/h4-10,15,24H,11-14H2,1-3H3/i9D,10D,15D/hD. The number of hydrogen-bond acceptors (Lipinski definition) is 6. The smallest absolute Gasteiger partial charge is 0.410 e. The fourth-order valence-electron chi connectivity index (χ4n) is 3.36. The summed E-state index contributed by atoms with van der Waals surface area (Å²) in [5.74, 6) is 0. The van der Waals surface area contributed by atoms with E-state index < -0.39 is 38.8 Å². The van der Waals surface area contributed by atoms with E-state index in [-0.39, 0.29) is 53.8 Å². The number of nitrogens with zero attached hydrogens (tertiary/aromatic N) is 3. The van der Waals surface area contributed by atoms with Crippen LogP contribution >= 0.6 is 0 Å². The lowest BCUT2D eigenvalue weighted by atomic mass is 10.2. The number of piperazine rings is 1. The predicted octanol–water partition coefficient (Wildman–Crippen LogP) is 3.45. The van der Waals surface area contributed by atoms with Gasteiger partial charge < -0.3 is 19.5 Å². The van der Waals surface area contributed by atoms with Gasteiger partial charge in [0.05, 0.1) is 20.2 Å². The van der Waals surface area contributed by atoms with Gasteiger partial charge in [0.1, 0.15) is 16.0 Å². The van der Waals surface area contributed by atoms with E-state index in [1.807, 2.05) is 0 Å². The van der Waals surface area contributed by atoms with Crippen LogP contribution in [0.4, 0.5) is 10.5 Å². The van der Waals surface area contributed by atoms with Crippen LogP contribution in [-0.2, 0) is 14.6 Å². The molecule has 8 nitrogen and oxygen atoms in total. The molecule has 3 heterocycles. The molecule has 0 saturated carbocycles. The van der Waals surface area contributed by atoms with Crippen molar-refractivity contribution in [2.24, 2.45) is 0 Å². The van der Waals surface area contributed by atoms with Crippen molar-refractivity contribution in [2.75, 3.05) is 31.1 Å². The van der Waals surface area contributed by atoms with E-state index in [9.17, 15) is 13.2 Å². The highest BCUT2D eigenvalue weighted by atomic mass is 32.2. The van der Waals surface area contributed by atoms with Gasteiger partial charge >= 0.3 is 6.09 Å². The summed E-state index contributed by atoms with van der Waals surface area (Å²) in [5, 5.41) is 0. The summed E-state index contributed by atoms with van der Waals surface area (Å²) in [6.07, 6.45) is -1.52. The number of sulfone groups is 1. The molecule has 1 amide bonds. The van der Waals surface area contributed by atoms with Crippen molar-refractivity contribution in [3.8, 4) is 0 Å². The Labute approximate surface area is 187 Å². The van der Waals surface area contributed by atoms with Crippen molar-refractivity contribution in [1.29, 1.82) is 0 Å². The summed E-state index contributed by atoms with van der Waals surface area (Å²) in [4.78, 5) is 19.8. The average Bonchev–Trinajstić information content (AvgIpc) is 3.04. The van der Waals surface area contributed by atoms with Crippen LogP contribution in [0.25, 0.3) is 11.0 Å². The van der Waals surface area contributed by atoms with E-state index in [0.717, 1.165) is 0 Å². The van der Waals surface area contributed by atoms with Crippen LogP contribution in [-0.4, -0.2) is 61.2 Å². The van der Waals surface area contributed by atoms with Crippen LogP contribution in [0.15, 0.2) is 58.5 Å². The van der Waals surface area contributed by atoms with Gasteiger partial charge in [-0.3, -0.25) is 4.98 Å². The summed E-state index contributed by atoms with van der Waals surface area (Å²) in [5.41, 5.74) is -0.727. The van der Waals surface area contributed by atoms with Crippen molar-refractivity contribution < 1.29 is 23.5 Å². The molecule has 3 aromatic rings. The first kappa shape index (κ1) is 16.6. The number of carbonyl (C=O) groups excluding carboxylic acids is 1. The zero-order valence-electron chi connectivity index (χ0n) is 21.5. The molecule has 164 valence electrons. The Hall–Kier alpha value is -3.07. The number of aromatic amines is 1. The van der Waals surface area contributed by atoms with Crippen molar-refractivity contribution in [3.05, 3.63) is 48.7 Å². The van der Waals surface area contributed by atoms with Gasteiger partial charge in [-0.05, 0) is 38.9 Å². The third-order valence-corrected chi connectivity index (χ3v) is 6.56. The zero-order valence-corrected chi connectivity index (χ0v) is 18.4. The number of aromatic nitrogens is 2. The fraction of sp³-hybridized carbons (Fsp3) is 0.364. The Morgan fingerprint density at radius 2 is 1.87 bits per heavy atom. The van der Waals surface area contributed by atoms with Gasteiger partial charge in [-0.2, -0.15) is 0 Å². The van der Waals surface area contributed by atoms with E-state index in [4.69, 9.17) is 10.3 Å². The fourth-order valence-corrected chi connectivity index (χ4v) is 4.67. The molecule has 9 heteroatoms. The number of pyridine rings is 1. The molecule has 0 spiro atoms. The van der Waals surface area contributed by atoms with Gasteiger partial charge in [-0.25, -0.2) is 13.2 Å². The topological polar surface area (TPSA) is 95.6 Å². The highest BCUT2D eigenvalue weighted by Gasteiger charge is 2.28. The Kier molecular flexibility index (Phi) is 4.22. The number of nitrogens with one attached hydrogen (secondary N) is 1. The number of anilines is 1. The first-order valence-electron chi connectivity index (χ1n) is 11.8. The maximum Gasteiger partial charge on any atom is 0.410 e. The molecule has 0 aliphatic carbocycles. The van der Waals surface area contributed by atoms with Crippen molar-refractivity contribution in [1.82, 2.24) is 14.9 Å². The van der Waals surface area contributed by atoms with E-state index in [1.54, 1.807) is 43.9 Å². The summed E-state index contributed by atoms with van der Waals surface area (Å²) >= 11 is 0. The minimum atomic E-state index is -4.21. The quantitative estimate of drug-likeness (QED) is 0.662. The molecule has 0 atom stereocenters. The van der Waals surface area contributed by atoms with Gasteiger partial charge in [-0.15, -0.1) is 0 Å². The van der Waals surface area contributed by atoms with E-state index in [0.29, 0.717) is 4.98 Å². The molecule has 1 aliphatic heterocycles. The molecule has 1 aromatic carbocycles. The Morgan fingerprint density at radius 1 is 1.19 bits per heavy atom. The van der Waals surface area contributed by atoms with Crippen LogP contribution in [0.1, 0.15) is 24.9 Å². The largest absolute Gasteiger partial charge is 0.444 e. The van der Waals surface area contributed by atoms with Crippen molar-refractivity contribution in [2.45, 2.75) is 36.2 Å². The molecule has 2 aromatic heterocycles. The number of H-pyrrole nitrogens is 1. The van der Waals surface area contributed by atoms with Crippen LogP contribution in [0, 0.1) is 0 Å². The number of fused-ring (bicyclic) bond motifs is 1. The molecule has 0 bridgehead atoms. The number of amides is 1. The van der Waals surface area contributed by atoms with E-state index >= 15 is 0 Å². The normalized spacial score (nSPS) is 17.1. The molecule has 0 unspecified atom stereocenters.